The average molecular weight is 208 g/mol. The van der Waals surface area contributed by atoms with Gasteiger partial charge in [-0.3, -0.25) is 0 Å². The number of benzene rings is 1. The van der Waals surface area contributed by atoms with Crippen molar-refractivity contribution < 1.29 is 0 Å². The van der Waals surface area contributed by atoms with Crippen molar-refractivity contribution in [3.63, 3.8) is 0 Å². The lowest BCUT2D eigenvalue weighted by atomic mass is 10.2. The molecule has 78 valence electrons. The summed E-state index contributed by atoms with van der Waals surface area (Å²) in [5.41, 5.74) is 0.924. The van der Waals surface area contributed by atoms with Gasteiger partial charge >= 0.3 is 0 Å². The van der Waals surface area contributed by atoms with Gasteiger partial charge in [-0.1, -0.05) is 65.6 Å². The third-order valence-corrected chi connectivity index (χ3v) is 4.07. The van der Waals surface area contributed by atoms with Crippen molar-refractivity contribution in [3.05, 3.63) is 30.3 Å². The minimum Gasteiger partial charge on any atom is -0.0872 e. The molecule has 0 aliphatic carbocycles. The highest BCUT2D eigenvalue weighted by molar-refractivity contribution is 7.48. The van der Waals surface area contributed by atoms with Gasteiger partial charge in [0.2, 0.25) is 0 Å². The summed E-state index contributed by atoms with van der Waals surface area (Å²) in [4.78, 5) is 0. The SMILES string of the molecule is CCCC(CCC)Pc1ccccc1. The molecule has 0 heterocycles. The molecule has 0 aromatic heterocycles. The molecule has 0 amide bonds. The largest absolute Gasteiger partial charge is 0.0872 e. The summed E-state index contributed by atoms with van der Waals surface area (Å²) in [7, 11) is 1.01. The van der Waals surface area contributed by atoms with Crippen LogP contribution in [0.1, 0.15) is 39.5 Å². The Labute approximate surface area is 89.9 Å². The van der Waals surface area contributed by atoms with Crippen molar-refractivity contribution in [2.24, 2.45) is 0 Å². The van der Waals surface area contributed by atoms with E-state index in [-0.39, 0.29) is 0 Å². The second-order valence-corrected chi connectivity index (χ2v) is 5.47. The first-order valence-corrected chi connectivity index (χ1v) is 6.76. The third-order valence-electron chi connectivity index (χ3n) is 2.42. The Kier molecular flexibility index (Phi) is 5.87. The minimum atomic E-state index is 0.924. The molecule has 0 radical (unpaired) electrons. The van der Waals surface area contributed by atoms with Gasteiger partial charge in [0.1, 0.15) is 0 Å². The van der Waals surface area contributed by atoms with E-state index in [0.29, 0.717) is 0 Å². The molecule has 1 aromatic carbocycles. The summed E-state index contributed by atoms with van der Waals surface area (Å²) in [6.07, 6.45) is 5.43. The van der Waals surface area contributed by atoms with Crippen LogP contribution in [0.3, 0.4) is 0 Å². The van der Waals surface area contributed by atoms with E-state index in [0.717, 1.165) is 14.2 Å². The average Bonchev–Trinajstić information content (AvgIpc) is 2.20. The van der Waals surface area contributed by atoms with Crippen LogP contribution in [0.5, 0.6) is 0 Å². The van der Waals surface area contributed by atoms with Gasteiger partial charge in [0.25, 0.3) is 0 Å². The third kappa shape index (κ3) is 4.24. The fourth-order valence-electron chi connectivity index (χ4n) is 1.76. The van der Waals surface area contributed by atoms with E-state index in [9.17, 15) is 0 Å². The van der Waals surface area contributed by atoms with Gasteiger partial charge in [-0.25, -0.2) is 0 Å². The van der Waals surface area contributed by atoms with Crippen LogP contribution in [0.25, 0.3) is 0 Å². The van der Waals surface area contributed by atoms with Crippen LogP contribution >= 0.6 is 8.58 Å². The zero-order chi connectivity index (χ0) is 10.2. The van der Waals surface area contributed by atoms with Crippen molar-refractivity contribution in [2.45, 2.75) is 45.2 Å². The van der Waals surface area contributed by atoms with E-state index in [1.807, 2.05) is 0 Å². The van der Waals surface area contributed by atoms with Crippen LogP contribution in [0.15, 0.2) is 30.3 Å². The van der Waals surface area contributed by atoms with Gasteiger partial charge in [0.05, 0.1) is 0 Å². The van der Waals surface area contributed by atoms with Crippen molar-refractivity contribution in [2.75, 3.05) is 0 Å². The molecule has 0 spiro atoms. The van der Waals surface area contributed by atoms with Crippen LogP contribution in [0.2, 0.25) is 0 Å². The van der Waals surface area contributed by atoms with Crippen molar-refractivity contribution in [1.29, 1.82) is 0 Å². The molecule has 1 atom stereocenters. The minimum absolute atomic E-state index is 0.924. The van der Waals surface area contributed by atoms with Crippen LogP contribution in [0, 0.1) is 0 Å². The Morgan fingerprint density at radius 1 is 1.00 bits per heavy atom. The van der Waals surface area contributed by atoms with E-state index in [2.05, 4.69) is 44.2 Å². The van der Waals surface area contributed by atoms with Gasteiger partial charge in [0, 0.05) is 0 Å². The molecule has 0 saturated heterocycles. The maximum absolute atomic E-state index is 2.29. The van der Waals surface area contributed by atoms with E-state index in [1.54, 1.807) is 0 Å². The predicted molar refractivity (Wildman–Crippen MR) is 68.0 cm³/mol. The second kappa shape index (κ2) is 7.01. The number of rotatable bonds is 6. The monoisotopic (exact) mass is 208 g/mol. The normalized spacial score (nSPS) is 11.6. The van der Waals surface area contributed by atoms with Crippen LogP contribution in [-0.4, -0.2) is 5.66 Å². The lowest BCUT2D eigenvalue weighted by Crippen LogP contribution is -2.05. The number of hydrogen-bond acceptors (Lipinski definition) is 0. The molecule has 0 saturated carbocycles. The Balaban J connectivity index is 2.46. The summed E-state index contributed by atoms with van der Waals surface area (Å²) < 4.78 is 0. The van der Waals surface area contributed by atoms with Crippen LogP contribution in [0.4, 0.5) is 0 Å². The summed E-state index contributed by atoms with van der Waals surface area (Å²) in [6, 6.07) is 10.9. The molecule has 0 N–H and O–H groups in total. The molecule has 0 fully saturated rings. The quantitative estimate of drug-likeness (QED) is 0.621. The van der Waals surface area contributed by atoms with Gasteiger partial charge in [-0.05, 0) is 23.8 Å². The first-order chi connectivity index (χ1) is 6.86. The summed E-state index contributed by atoms with van der Waals surface area (Å²) in [5.74, 6) is 0. The molecule has 1 heteroatoms. The van der Waals surface area contributed by atoms with Gasteiger partial charge in [-0.15, -0.1) is 0 Å². The lowest BCUT2D eigenvalue weighted by Gasteiger charge is -2.15. The number of hydrogen-bond donors (Lipinski definition) is 0. The topological polar surface area (TPSA) is 0 Å². The molecular formula is C13H21P. The Morgan fingerprint density at radius 2 is 1.57 bits per heavy atom. The highest BCUT2D eigenvalue weighted by atomic mass is 31.1. The highest BCUT2D eigenvalue weighted by Gasteiger charge is 2.06. The Hall–Kier alpha value is -0.350. The van der Waals surface area contributed by atoms with Crippen molar-refractivity contribution in [3.8, 4) is 0 Å². The van der Waals surface area contributed by atoms with Gasteiger partial charge in [0.15, 0.2) is 0 Å². The van der Waals surface area contributed by atoms with E-state index in [1.165, 1.54) is 31.0 Å². The molecule has 0 nitrogen and oxygen atoms in total. The fourth-order valence-corrected chi connectivity index (χ4v) is 3.48. The van der Waals surface area contributed by atoms with Gasteiger partial charge in [-0.2, -0.15) is 0 Å². The Bertz CT molecular complexity index is 224. The van der Waals surface area contributed by atoms with Crippen LogP contribution < -0.4 is 5.30 Å². The van der Waals surface area contributed by atoms with Gasteiger partial charge < -0.3 is 0 Å². The standard InChI is InChI=1S/C13H21P/c1-3-8-12(9-4-2)14-13-10-6-5-7-11-13/h5-7,10-12,14H,3-4,8-9H2,1-2H3. The first kappa shape index (κ1) is 11.7. The zero-order valence-corrected chi connectivity index (χ0v) is 10.3. The molecule has 0 aliphatic heterocycles. The summed E-state index contributed by atoms with van der Waals surface area (Å²) in [5, 5.41) is 1.53. The highest BCUT2D eigenvalue weighted by Crippen LogP contribution is 2.26. The molecule has 1 aromatic rings. The molecular weight excluding hydrogens is 187 g/mol. The molecule has 0 aliphatic rings. The summed E-state index contributed by atoms with van der Waals surface area (Å²) >= 11 is 0. The molecule has 0 bridgehead atoms. The molecule has 1 unspecified atom stereocenters. The van der Waals surface area contributed by atoms with E-state index in [4.69, 9.17) is 0 Å². The van der Waals surface area contributed by atoms with Crippen molar-refractivity contribution in [1.82, 2.24) is 0 Å². The maximum Gasteiger partial charge on any atom is -0.0197 e. The zero-order valence-electron chi connectivity index (χ0n) is 9.29. The first-order valence-electron chi connectivity index (χ1n) is 5.68. The predicted octanol–water partition coefficient (Wildman–Crippen LogP) is 3.96. The molecule has 14 heavy (non-hydrogen) atoms. The van der Waals surface area contributed by atoms with E-state index < -0.39 is 0 Å². The Morgan fingerprint density at radius 3 is 2.07 bits per heavy atom. The molecule has 1 rings (SSSR count). The van der Waals surface area contributed by atoms with Crippen molar-refractivity contribution >= 4 is 13.9 Å². The van der Waals surface area contributed by atoms with Crippen LogP contribution in [-0.2, 0) is 0 Å². The summed E-state index contributed by atoms with van der Waals surface area (Å²) in [6.45, 7) is 4.58. The smallest absolute Gasteiger partial charge is 0.0197 e. The van der Waals surface area contributed by atoms with E-state index >= 15 is 0 Å². The maximum atomic E-state index is 2.29. The lowest BCUT2D eigenvalue weighted by molar-refractivity contribution is 0.670. The fraction of sp³-hybridized carbons (Fsp3) is 0.538. The second-order valence-electron chi connectivity index (χ2n) is 3.78.